The summed E-state index contributed by atoms with van der Waals surface area (Å²) in [6, 6.07) is 21.3. The monoisotopic (exact) mass is 527 g/mol. The molecular weight excluding hydrogens is 498 g/mol. The Hall–Kier alpha value is -4.44. The molecule has 0 atom stereocenters. The minimum absolute atomic E-state index is 0.000893. The second-order valence-electron chi connectivity index (χ2n) is 9.25. The van der Waals surface area contributed by atoms with E-state index >= 15 is 0 Å². The Morgan fingerprint density at radius 1 is 0.868 bits per heavy atom. The van der Waals surface area contributed by atoms with Gasteiger partial charge in [-0.05, 0) is 55.0 Å². The Balaban J connectivity index is 1.49. The first-order chi connectivity index (χ1) is 18.2. The van der Waals surface area contributed by atoms with E-state index in [2.05, 4.69) is 40.0 Å². The predicted molar refractivity (Wildman–Crippen MR) is 154 cm³/mol. The number of sulfone groups is 1. The van der Waals surface area contributed by atoms with E-state index in [4.69, 9.17) is 9.97 Å². The van der Waals surface area contributed by atoms with Crippen LogP contribution in [-0.4, -0.2) is 41.2 Å². The zero-order valence-electron chi connectivity index (χ0n) is 21.6. The number of aromatic nitrogens is 4. The minimum atomic E-state index is -3.09. The normalized spacial score (nSPS) is 11.5. The summed E-state index contributed by atoms with van der Waals surface area (Å²) in [5.74, 6) is 1.15. The van der Waals surface area contributed by atoms with Gasteiger partial charge in [-0.1, -0.05) is 29.8 Å². The average molecular weight is 528 g/mol. The van der Waals surface area contributed by atoms with Crippen LogP contribution >= 0.6 is 0 Å². The van der Waals surface area contributed by atoms with E-state index < -0.39 is 9.84 Å². The Morgan fingerprint density at radius 2 is 1.55 bits per heavy atom. The molecule has 2 heterocycles. The average Bonchev–Trinajstić information content (AvgIpc) is 3.20. The van der Waals surface area contributed by atoms with Gasteiger partial charge >= 0.3 is 0 Å². The largest absolute Gasteiger partial charge is 0.388 e. The molecule has 2 aromatic heterocycles. The van der Waals surface area contributed by atoms with Gasteiger partial charge in [-0.2, -0.15) is 0 Å². The molecule has 0 unspecified atom stereocenters. The van der Waals surface area contributed by atoms with Crippen molar-refractivity contribution < 1.29 is 8.42 Å². The van der Waals surface area contributed by atoms with Crippen LogP contribution in [-0.2, 0) is 22.6 Å². The van der Waals surface area contributed by atoms with Gasteiger partial charge in [0.25, 0.3) is 0 Å². The second kappa shape index (κ2) is 10.1. The summed E-state index contributed by atoms with van der Waals surface area (Å²) in [7, 11) is 0.760. The summed E-state index contributed by atoms with van der Waals surface area (Å²) in [4.78, 5) is 14.1. The molecule has 0 bridgehead atoms. The van der Waals surface area contributed by atoms with Crippen molar-refractivity contribution in [3.8, 4) is 11.3 Å². The molecule has 0 aliphatic rings. The quantitative estimate of drug-likeness (QED) is 0.245. The van der Waals surface area contributed by atoms with Gasteiger partial charge < -0.3 is 20.5 Å². The van der Waals surface area contributed by atoms with Crippen LogP contribution < -0.4 is 16.0 Å². The highest BCUT2D eigenvalue weighted by atomic mass is 32.2. The number of hydrogen-bond donors (Lipinski definition) is 3. The first kappa shape index (κ1) is 25.2. The van der Waals surface area contributed by atoms with E-state index in [0.29, 0.717) is 11.6 Å². The van der Waals surface area contributed by atoms with Crippen LogP contribution in [0, 0.1) is 6.92 Å². The van der Waals surface area contributed by atoms with Gasteiger partial charge in [-0.15, -0.1) is 0 Å². The number of nitrogens with zero attached hydrogens (tertiary/aromatic N) is 4. The van der Waals surface area contributed by atoms with Crippen molar-refractivity contribution in [2.45, 2.75) is 12.7 Å². The Labute approximate surface area is 221 Å². The summed E-state index contributed by atoms with van der Waals surface area (Å²) in [5.41, 5.74) is 7.88. The molecule has 0 saturated heterocycles. The number of aryl methyl sites for hydroxylation is 2. The number of nitrogens with one attached hydrogen (secondary N) is 3. The van der Waals surface area contributed by atoms with Crippen molar-refractivity contribution >= 4 is 49.8 Å². The van der Waals surface area contributed by atoms with Gasteiger partial charge in [-0.25, -0.2) is 23.4 Å². The maximum atomic E-state index is 11.6. The van der Waals surface area contributed by atoms with Crippen LogP contribution in [0.4, 0.5) is 29.0 Å². The molecule has 38 heavy (non-hydrogen) atoms. The van der Waals surface area contributed by atoms with Crippen LogP contribution in [0.2, 0.25) is 0 Å². The lowest BCUT2D eigenvalue weighted by Gasteiger charge is -2.11. The Kier molecular flexibility index (Phi) is 6.73. The van der Waals surface area contributed by atoms with Crippen molar-refractivity contribution in [3.05, 3.63) is 84.1 Å². The summed E-state index contributed by atoms with van der Waals surface area (Å²) < 4.78 is 25.2. The highest BCUT2D eigenvalue weighted by Gasteiger charge is 2.18. The molecule has 9 nitrogen and oxygen atoms in total. The first-order valence-electron chi connectivity index (χ1n) is 12.1. The minimum Gasteiger partial charge on any atom is -0.388 e. The molecule has 0 radical (unpaired) electrons. The van der Waals surface area contributed by atoms with Crippen molar-refractivity contribution in [2.24, 2.45) is 7.05 Å². The van der Waals surface area contributed by atoms with Gasteiger partial charge in [0.1, 0.15) is 5.52 Å². The van der Waals surface area contributed by atoms with Crippen molar-refractivity contribution in [3.63, 3.8) is 0 Å². The molecule has 3 N–H and O–H groups in total. The smallest absolute Gasteiger partial charge is 0.227 e. The standard InChI is InChI=1S/C28H29N7O2S/c1-18-5-9-21(10-6-18)32-28-34-26-24(35(28)3)14-13-22(29-2)25(26)23-15-16-30-27(33-23)31-20-11-7-19(8-12-20)17-38(4,36)37/h5-16,29H,17H2,1-4H3,(H,32,34)(H,30,31,33). The predicted octanol–water partition coefficient (Wildman–Crippen LogP) is 5.41. The number of anilines is 5. The van der Waals surface area contributed by atoms with E-state index in [-0.39, 0.29) is 5.75 Å². The third kappa shape index (κ3) is 5.45. The van der Waals surface area contributed by atoms with E-state index in [1.165, 1.54) is 11.8 Å². The maximum absolute atomic E-state index is 11.6. The van der Waals surface area contributed by atoms with Crippen LogP contribution in [0.15, 0.2) is 72.9 Å². The molecule has 0 spiro atoms. The van der Waals surface area contributed by atoms with Crippen LogP contribution in [0.5, 0.6) is 0 Å². The Morgan fingerprint density at radius 3 is 2.24 bits per heavy atom. The molecule has 0 fully saturated rings. The fourth-order valence-corrected chi connectivity index (χ4v) is 5.08. The summed E-state index contributed by atoms with van der Waals surface area (Å²) >= 11 is 0. The lowest BCUT2D eigenvalue weighted by molar-refractivity contribution is 0.601. The second-order valence-corrected chi connectivity index (χ2v) is 11.4. The van der Waals surface area contributed by atoms with Gasteiger partial charge in [0.05, 0.1) is 22.5 Å². The number of hydrogen-bond acceptors (Lipinski definition) is 8. The fourth-order valence-electron chi connectivity index (χ4n) is 4.28. The van der Waals surface area contributed by atoms with Gasteiger partial charge in [0.15, 0.2) is 9.84 Å². The summed E-state index contributed by atoms with van der Waals surface area (Å²) in [6.07, 6.45) is 2.93. The molecule has 3 aromatic carbocycles. The number of benzene rings is 3. The molecule has 0 aliphatic carbocycles. The highest BCUT2D eigenvalue weighted by molar-refractivity contribution is 7.89. The maximum Gasteiger partial charge on any atom is 0.227 e. The van der Waals surface area contributed by atoms with Gasteiger partial charge in [-0.3, -0.25) is 0 Å². The zero-order chi connectivity index (χ0) is 26.9. The van der Waals surface area contributed by atoms with Crippen molar-refractivity contribution in [1.82, 2.24) is 19.5 Å². The number of imidazole rings is 1. The summed E-state index contributed by atoms with van der Waals surface area (Å²) in [5, 5.41) is 9.89. The third-order valence-electron chi connectivity index (χ3n) is 6.18. The van der Waals surface area contributed by atoms with E-state index in [1.54, 1.807) is 18.3 Å². The lowest BCUT2D eigenvalue weighted by atomic mass is 10.1. The van der Waals surface area contributed by atoms with Gasteiger partial charge in [0, 0.05) is 43.6 Å². The molecule has 0 aliphatic heterocycles. The van der Waals surface area contributed by atoms with E-state index in [9.17, 15) is 8.42 Å². The van der Waals surface area contributed by atoms with Gasteiger partial charge in [0.2, 0.25) is 11.9 Å². The summed E-state index contributed by atoms with van der Waals surface area (Å²) in [6.45, 7) is 2.06. The van der Waals surface area contributed by atoms with Crippen molar-refractivity contribution in [1.29, 1.82) is 0 Å². The van der Waals surface area contributed by atoms with Crippen LogP contribution in [0.3, 0.4) is 0 Å². The number of fused-ring (bicyclic) bond motifs is 1. The highest BCUT2D eigenvalue weighted by Crippen LogP contribution is 2.36. The zero-order valence-corrected chi connectivity index (χ0v) is 22.5. The molecule has 10 heteroatoms. The van der Waals surface area contributed by atoms with E-state index in [1.807, 2.05) is 61.1 Å². The topological polar surface area (TPSA) is 114 Å². The van der Waals surface area contributed by atoms with E-state index in [0.717, 1.165) is 45.2 Å². The molecule has 194 valence electrons. The SMILES string of the molecule is CNc1ccc2c(nc(Nc3ccc(C)cc3)n2C)c1-c1ccnc(Nc2ccc(CS(C)(=O)=O)cc2)n1. The molecule has 0 amide bonds. The molecule has 5 rings (SSSR count). The molecular formula is C28H29N7O2S. The van der Waals surface area contributed by atoms with Crippen LogP contribution in [0.1, 0.15) is 11.1 Å². The van der Waals surface area contributed by atoms with Crippen molar-refractivity contribution in [2.75, 3.05) is 29.3 Å². The molecule has 0 saturated carbocycles. The number of rotatable bonds is 8. The third-order valence-corrected chi connectivity index (χ3v) is 7.04. The first-order valence-corrected chi connectivity index (χ1v) is 14.1. The Bertz CT molecular complexity index is 1710. The molecule has 5 aromatic rings. The lowest BCUT2D eigenvalue weighted by Crippen LogP contribution is -2.02. The fraction of sp³-hybridized carbons (Fsp3) is 0.179. The van der Waals surface area contributed by atoms with Crippen LogP contribution in [0.25, 0.3) is 22.3 Å².